The highest BCUT2D eigenvalue weighted by Gasteiger charge is 2.54. The molecule has 4 rings (SSSR count). The standard InChI is InChI=1S/C22H22N10O9S3/c1-3-4-41-28-13(12-8-43-21(24-12)23-9-33)16(34)25-14-17(35)32-15(20(38)39)10(6-42-18(14)32)7-44-22-26-29-30-31(22)5-11(19(36)37)27-40-2/h3,8-9,14,18H,1,4-7H2,2H3,(H,25,34)(H,36,37)(H,38,39)(H,23,24,33)/b27-11+,28-13-/t14?,18-/m1/s1. The van der Waals surface area contributed by atoms with Crippen LogP contribution in [0.2, 0.25) is 0 Å². The van der Waals surface area contributed by atoms with Gasteiger partial charge in [-0.15, -0.1) is 28.2 Å². The van der Waals surface area contributed by atoms with Crippen LogP contribution in [0.5, 0.6) is 0 Å². The number of nitrogens with zero attached hydrogens (tertiary/aromatic N) is 8. The summed E-state index contributed by atoms with van der Waals surface area (Å²) in [5.74, 6) is -3.89. The predicted octanol–water partition coefficient (Wildman–Crippen LogP) is -0.777. The summed E-state index contributed by atoms with van der Waals surface area (Å²) in [6.07, 6.45) is 1.83. The molecule has 0 saturated carbocycles. The Morgan fingerprint density at radius 1 is 1.32 bits per heavy atom. The molecule has 2 atom stereocenters. The topological polar surface area (TPSA) is 253 Å². The number of carbonyl (C=O) groups excluding carboxylic acids is 3. The molecule has 1 saturated heterocycles. The maximum atomic E-state index is 13.2. The molecule has 19 nitrogen and oxygen atoms in total. The lowest BCUT2D eigenvalue weighted by atomic mass is 10.0. The van der Waals surface area contributed by atoms with Gasteiger partial charge < -0.3 is 30.5 Å². The Bertz CT molecular complexity index is 1570. The zero-order chi connectivity index (χ0) is 31.8. The van der Waals surface area contributed by atoms with Gasteiger partial charge in [0.1, 0.15) is 36.5 Å². The Kier molecular flexibility index (Phi) is 10.6. The molecule has 0 bridgehead atoms. The van der Waals surface area contributed by atoms with E-state index in [1.54, 1.807) is 0 Å². The third-order valence-corrected chi connectivity index (χ3v) is 8.81. The number of thiazole rings is 1. The molecule has 2 aromatic heterocycles. The SMILES string of the molecule is C=CCO/N=C(\C(=O)NC1C(=O)N2C(C(=O)O)=C(CSc3nnnn3C/C(=N\OC)C(=O)O)CS[C@H]12)c1csc(NC=O)n1. The van der Waals surface area contributed by atoms with Gasteiger partial charge in [-0.25, -0.2) is 19.3 Å². The number of hydrogen-bond donors (Lipinski definition) is 4. The van der Waals surface area contributed by atoms with Crippen LogP contribution in [0, 0.1) is 0 Å². The molecular formula is C22H22N10O9S3. The van der Waals surface area contributed by atoms with Gasteiger partial charge in [-0.05, 0) is 16.0 Å². The highest BCUT2D eigenvalue weighted by molar-refractivity contribution is 8.01. The maximum absolute atomic E-state index is 13.2. The number of aliphatic carboxylic acids is 2. The molecular weight excluding hydrogens is 645 g/mol. The van der Waals surface area contributed by atoms with Crippen LogP contribution in [0.3, 0.4) is 0 Å². The number of oxime groups is 2. The van der Waals surface area contributed by atoms with Gasteiger partial charge in [0.05, 0.1) is 6.54 Å². The van der Waals surface area contributed by atoms with Crippen LogP contribution >= 0.6 is 34.9 Å². The maximum Gasteiger partial charge on any atom is 0.355 e. The molecule has 0 spiro atoms. The fourth-order valence-electron chi connectivity index (χ4n) is 3.80. The Balaban J connectivity index is 1.48. The summed E-state index contributed by atoms with van der Waals surface area (Å²) in [6.45, 7) is 3.18. The van der Waals surface area contributed by atoms with E-state index in [0.717, 1.165) is 32.7 Å². The van der Waals surface area contributed by atoms with Crippen molar-refractivity contribution in [2.45, 2.75) is 23.1 Å². The van der Waals surface area contributed by atoms with E-state index in [0.29, 0.717) is 12.0 Å². The first kappa shape index (κ1) is 32.1. The second-order valence-corrected chi connectivity index (χ2v) is 11.3. The number of anilines is 1. The van der Waals surface area contributed by atoms with E-state index in [2.05, 4.69) is 52.9 Å². The molecule has 3 amide bonds. The Morgan fingerprint density at radius 3 is 2.80 bits per heavy atom. The summed E-state index contributed by atoms with van der Waals surface area (Å²) >= 11 is 3.31. The van der Waals surface area contributed by atoms with Crippen LogP contribution in [0.15, 0.2) is 44.8 Å². The van der Waals surface area contributed by atoms with Crippen molar-refractivity contribution in [3.8, 4) is 0 Å². The van der Waals surface area contributed by atoms with Crippen molar-refractivity contribution in [3.63, 3.8) is 0 Å². The number of carboxylic acids is 2. The van der Waals surface area contributed by atoms with Crippen LogP contribution in [0.1, 0.15) is 5.69 Å². The quantitative estimate of drug-likeness (QED) is 0.0326. The monoisotopic (exact) mass is 666 g/mol. The number of hydrogen-bond acceptors (Lipinski definition) is 16. The van der Waals surface area contributed by atoms with E-state index in [1.165, 1.54) is 30.3 Å². The number of fused-ring (bicyclic) bond motifs is 1. The molecule has 2 aliphatic rings. The Labute approximate surface area is 259 Å². The van der Waals surface area contributed by atoms with Gasteiger partial charge >= 0.3 is 11.9 Å². The first-order valence-corrected chi connectivity index (χ1v) is 15.0. The largest absolute Gasteiger partial charge is 0.477 e. The second-order valence-electron chi connectivity index (χ2n) is 8.38. The van der Waals surface area contributed by atoms with Crippen LogP contribution in [-0.2, 0) is 40.2 Å². The lowest BCUT2D eigenvalue weighted by Gasteiger charge is -2.49. The Morgan fingerprint density at radius 2 is 2.11 bits per heavy atom. The number of nitrogens with one attached hydrogen (secondary N) is 2. The van der Waals surface area contributed by atoms with Gasteiger partial charge in [-0.2, -0.15) is 0 Å². The van der Waals surface area contributed by atoms with Gasteiger partial charge in [-0.3, -0.25) is 19.3 Å². The number of β-lactam (4-membered cyclic amide) rings is 1. The Hall–Kier alpha value is -4.83. The van der Waals surface area contributed by atoms with Crippen molar-refractivity contribution < 1.29 is 43.9 Å². The van der Waals surface area contributed by atoms with E-state index in [9.17, 15) is 34.2 Å². The van der Waals surface area contributed by atoms with Gasteiger partial charge in [0.15, 0.2) is 16.6 Å². The summed E-state index contributed by atoms with van der Waals surface area (Å²) in [7, 11) is 1.19. The number of amides is 3. The van der Waals surface area contributed by atoms with Crippen molar-refractivity contribution in [2.75, 3.05) is 30.5 Å². The van der Waals surface area contributed by atoms with E-state index in [-0.39, 0.29) is 57.8 Å². The average Bonchev–Trinajstić information content (AvgIpc) is 3.65. The molecule has 2 aromatic rings. The fourth-order valence-corrected chi connectivity index (χ4v) is 6.82. The highest BCUT2D eigenvalue weighted by atomic mass is 32.2. The molecule has 0 aliphatic carbocycles. The summed E-state index contributed by atoms with van der Waals surface area (Å²) in [6, 6.07) is -1.08. The van der Waals surface area contributed by atoms with Gasteiger partial charge in [-0.1, -0.05) is 34.7 Å². The van der Waals surface area contributed by atoms with E-state index < -0.39 is 35.2 Å². The molecule has 1 unspecified atom stereocenters. The van der Waals surface area contributed by atoms with Gasteiger partial charge in [0, 0.05) is 16.9 Å². The zero-order valence-electron chi connectivity index (χ0n) is 22.5. The predicted molar refractivity (Wildman–Crippen MR) is 155 cm³/mol. The molecule has 44 heavy (non-hydrogen) atoms. The van der Waals surface area contributed by atoms with Crippen LogP contribution in [0.4, 0.5) is 5.13 Å². The number of carboxylic acid groups (broad SMARTS) is 2. The fraction of sp³-hybridized carbons (Fsp3) is 0.318. The molecule has 4 heterocycles. The lowest BCUT2D eigenvalue weighted by Crippen LogP contribution is -2.71. The summed E-state index contributed by atoms with van der Waals surface area (Å²) in [4.78, 5) is 75.5. The highest BCUT2D eigenvalue weighted by Crippen LogP contribution is 2.41. The summed E-state index contributed by atoms with van der Waals surface area (Å²) in [5.41, 5.74) is -0.402. The molecule has 0 aromatic carbocycles. The normalized spacial score (nSPS) is 18.2. The van der Waals surface area contributed by atoms with Crippen molar-refractivity contribution in [1.82, 2.24) is 35.4 Å². The lowest BCUT2D eigenvalue weighted by molar-refractivity contribution is -0.150. The molecule has 0 radical (unpaired) electrons. The smallest absolute Gasteiger partial charge is 0.355 e. The van der Waals surface area contributed by atoms with Crippen LogP contribution in [-0.4, -0.2) is 119 Å². The number of thioether (sulfide) groups is 2. The minimum Gasteiger partial charge on any atom is -0.477 e. The summed E-state index contributed by atoms with van der Waals surface area (Å²) < 4.78 is 1.16. The van der Waals surface area contributed by atoms with Crippen LogP contribution < -0.4 is 10.6 Å². The molecule has 4 N–H and O–H groups in total. The number of aromatic nitrogens is 5. The number of tetrazole rings is 1. The van der Waals surface area contributed by atoms with Crippen molar-refractivity contribution >= 4 is 81.6 Å². The summed E-state index contributed by atoms with van der Waals surface area (Å²) in [5, 5.41) is 43.7. The van der Waals surface area contributed by atoms with Crippen molar-refractivity contribution in [2.24, 2.45) is 10.3 Å². The minimum atomic E-state index is -1.35. The molecule has 22 heteroatoms. The van der Waals surface area contributed by atoms with E-state index >= 15 is 0 Å². The second kappa shape index (κ2) is 14.6. The first-order chi connectivity index (χ1) is 21.2. The minimum absolute atomic E-state index is 0.0175. The third-order valence-electron chi connectivity index (χ3n) is 5.65. The van der Waals surface area contributed by atoms with Gasteiger partial charge in [0.25, 0.3) is 11.8 Å². The number of carbonyl (C=O) groups is 5. The molecule has 232 valence electrons. The average molecular weight is 667 g/mol. The van der Waals surface area contributed by atoms with Crippen LogP contribution in [0.25, 0.3) is 0 Å². The van der Waals surface area contributed by atoms with Gasteiger partial charge in [0.2, 0.25) is 11.6 Å². The third kappa shape index (κ3) is 7.03. The zero-order valence-corrected chi connectivity index (χ0v) is 24.9. The molecule has 1 fully saturated rings. The van der Waals surface area contributed by atoms with E-state index in [4.69, 9.17) is 4.84 Å². The first-order valence-electron chi connectivity index (χ1n) is 12.1. The number of rotatable bonds is 16. The molecule has 2 aliphatic heterocycles. The van der Waals surface area contributed by atoms with E-state index in [1.807, 2.05) is 0 Å². The van der Waals surface area contributed by atoms with Crippen molar-refractivity contribution in [1.29, 1.82) is 0 Å². The van der Waals surface area contributed by atoms with Crippen molar-refractivity contribution in [3.05, 3.63) is 35.0 Å².